The van der Waals surface area contributed by atoms with Crippen LogP contribution in [0.5, 0.6) is 0 Å². The summed E-state index contributed by atoms with van der Waals surface area (Å²) >= 11 is 0. The quantitative estimate of drug-likeness (QED) is 0.555. The first-order valence-corrected chi connectivity index (χ1v) is 9.36. The average molecular weight is 411 g/mol. The third-order valence-corrected chi connectivity index (χ3v) is 4.96. The molecule has 0 bridgehead atoms. The summed E-state index contributed by atoms with van der Waals surface area (Å²) in [6, 6.07) is 9.81. The van der Waals surface area contributed by atoms with Gasteiger partial charge in [0.15, 0.2) is 12.4 Å². The van der Waals surface area contributed by atoms with Crippen LogP contribution in [0.4, 0.5) is 14.5 Å². The lowest BCUT2D eigenvalue weighted by molar-refractivity contribution is -0.119. The van der Waals surface area contributed by atoms with Crippen molar-refractivity contribution in [3.8, 4) is 0 Å². The van der Waals surface area contributed by atoms with Crippen molar-refractivity contribution < 1.29 is 36.3 Å². The van der Waals surface area contributed by atoms with Gasteiger partial charge >= 0.3 is 11.7 Å². The van der Waals surface area contributed by atoms with E-state index in [0.717, 1.165) is 24.3 Å². The second-order valence-corrected chi connectivity index (χ2v) is 7.51. The predicted octanol–water partition coefficient (Wildman–Crippen LogP) is 2.68. The molecule has 2 aromatic carbocycles. The van der Waals surface area contributed by atoms with Crippen molar-refractivity contribution in [3.05, 3.63) is 59.7 Å². The Kier molecular flexibility index (Phi) is 6.57. The Hall–Kier alpha value is -3.14. The number of anilines is 1. The molecule has 0 heterocycles. The SMILES string of the molecule is CC(=O)c1ccc(NC(=O)COC(=O)c2ccc(S(=O)(=O)C(F)F)cc2)cc1. The molecule has 1 N–H and O–H groups in total. The van der Waals surface area contributed by atoms with Crippen molar-refractivity contribution in [2.75, 3.05) is 11.9 Å². The molecule has 2 rings (SSSR count). The van der Waals surface area contributed by atoms with Crippen LogP contribution in [0.2, 0.25) is 0 Å². The minimum atomic E-state index is -4.76. The number of sulfone groups is 1. The Labute approximate surface area is 159 Å². The normalized spacial score (nSPS) is 11.1. The topological polar surface area (TPSA) is 107 Å². The smallest absolute Gasteiger partial charge is 0.341 e. The van der Waals surface area contributed by atoms with E-state index in [4.69, 9.17) is 4.74 Å². The van der Waals surface area contributed by atoms with E-state index in [1.54, 1.807) is 0 Å². The van der Waals surface area contributed by atoms with E-state index >= 15 is 0 Å². The number of amides is 1. The lowest BCUT2D eigenvalue weighted by Crippen LogP contribution is -2.21. The molecule has 2 aromatic rings. The number of ether oxygens (including phenoxy) is 1. The summed E-state index contributed by atoms with van der Waals surface area (Å²) in [6.45, 7) is 0.785. The standard InChI is InChI=1S/C18H15F2NO6S/c1-11(22)12-2-6-14(7-3-12)21-16(23)10-27-17(24)13-4-8-15(9-5-13)28(25,26)18(19)20/h2-9,18H,10H2,1H3,(H,21,23). The van der Waals surface area contributed by atoms with Crippen molar-refractivity contribution in [1.29, 1.82) is 0 Å². The molecule has 0 aliphatic rings. The number of carbonyl (C=O) groups is 3. The van der Waals surface area contributed by atoms with E-state index in [2.05, 4.69) is 5.32 Å². The number of hydrogen-bond acceptors (Lipinski definition) is 6. The number of carbonyl (C=O) groups excluding carboxylic acids is 3. The molecular weight excluding hydrogens is 396 g/mol. The van der Waals surface area contributed by atoms with Gasteiger partial charge in [-0.05, 0) is 55.5 Å². The van der Waals surface area contributed by atoms with E-state index in [1.807, 2.05) is 0 Å². The molecule has 0 aromatic heterocycles. The van der Waals surface area contributed by atoms with Gasteiger partial charge < -0.3 is 10.1 Å². The lowest BCUT2D eigenvalue weighted by atomic mass is 10.1. The third-order valence-electron chi connectivity index (χ3n) is 3.56. The van der Waals surface area contributed by atoms with Crippen molar-refractivity contribution in [1.82, 2.24) is 0 Å². The average Bonchev–Trinajstić information content (AvgIpc) is 2.66. The first kappa shape index (κ1) is 21.2. The van der Waals surface area contributed by atoms with Gasteiger partial charge in [0, 0.05) is 11.3 Å². The number of halogens is 2. The molecule has 7 nitrogen and oxygen atoms in total. The molecule has 148 valence electrons. The summed E-state index contributed by atoms with van der Waals surface area (Å²) in [5.74, 6) is -5.26. The molecule has 0 aliphatic heterocycles. The number of hydrogen-bond donors (Lipinski definition) is 1. The second kappa shape index (κ2) is 8.70. The number of Topliss-reactive ketones (excluding diaryl/α,β-unsaturated/α-hetero) is 1. The van der Waals surface area contributed by atoms with Crippen LogP contribution in [-0.4, -0.2) is 38.4 Å². The zero-order chi connectivity index (χ0) is 20.9. The van der Waals surface area contributed by atoms with Crippen molar-refractivity contribution in [2.45, 2.75) is 17.6 Å². The number of ketones is 1. The molecule has 0 atom stereocenters. The van der Waals surface area contributed by atoms with Crippen molar-refractivity contribution in [2.24, 2.45) is 0 Å². The maximum Gasteiger partial charge on any atom is 0.341 e. The van der Waals surface area contributed by atoms with Gasteiger partial charge in [-0.25, -0.2) is 13.2 Å². The van der Waals surface area contributed by atoms with Crippen molar-refractivity contribution in [3.63, 3.8) is 0 Å². The third kappa shape index (κ3) is 5.19. The summed E-state index contributed by atoms with van der Waals surface area (Å²) in [4.78, 5) is 34.2. The molecule has 1 amide bonds. The van der Waals surface area contributed by atoms with Crippen LogP contribution in [0.15, 0.2) is 53.4 Å². The number of alkyl halides is 2. The van der Waals surface area contributed by atoms with Gasteiger partial charge in [0.05, 0.1) is 10.5 Å². The van der Waals surface area contributed by atoms with E-state index in [1.165, 1.54) is 31.2 Å². The minimum absolute atomic E-state index is 0.105. The van der Waals surface area contributed by atoms with Crippen molar-refractivity contribution >= 4 is 33.2 Å². The van der Waals surface area contributed by atoms with Crippen LogP contribution in [0, 0.1) is 0 Å². The van der Waals surface area contributed by atoms with Crippen LogP contribution < -0.4 is 5.32 Å². The minimum Gasteiger partial charge on any atom is -0.452 e. The van der Waals surface area contributed by atoms with Crippen LogP contribution >= 0.6 is 0 Å². The van der Waals surface area contributed by atoms with Crippen LogP contribution in [0.3, 0.4) is 0 Å². The van der Waals surface area contributed by atoms with Gasteiger partial charge in [-0.15, -0.1) is 0 Å². The largest absolute Gasteiger partial charge is 0.452 e. The molecule has 0 saturated carbocycles. The fourth-order valence-corrected chi connectivity index (χ4v) is 2.80. The first-order chi connectivity index (χ1) is 13.1. The number of nitrogens with one attached hydrogen (secondary N) is 1. The zero-order valence-corrected chi connectivity index (χ0v) is 15.3. The van der Waals surface area contributed by atoms with E-state index < -0.39 is 39.0 Å². The van der Waals surface area contributed by atoms with E-state index in [-0.39, 0.29) is 11.3 Å². The summed E-state index contributed by atoms with van der Waals surface area (Å²) in [5.41, 5.74) is 0.765. The Morgan fingerprint density at radius 3 is 2.00 bits per heavy atom. The predicted molar refractivity (Wildman–Crippen MR) is 95.0 cm³/mol. The summed E-state index contributed by atoms with van der Waals surface area (Å²) in [7, 11) is -4.76. The number of rotatable bonds is 7. The van der Waals surface area contributed by atoms with Gasteiger partial charge in [0.25, 0.3) is 5.91 Å². The molecule has 0 radical (unpaired) electrons. The first-order valence-electron chi connectivity index (χ1n) is 7.81. The Bertz CT molecular complexity index is 986. The van der Waals surface area contributed by atoms with Crippen LogP contribution in [0.25, 0.3) is 0 Å². The Morgan fingerprint density at radius 1 is 0.964 bits per heavy atom. The monoisotopic (exact) mass is 411 g/mol. The second-order valence-electron chi connectivity index (χ2n) is 5.59. The van der Waals surface area contributed by atoms with Gasteiger partial charge in [-0.3, -0.25) is 9.59 Å². The zero-order valence-electron chi connectivity index (χ0n) is 14.5. The maximum absolute atomic E-state index is 12.5. The molecule has 0 unspecified atom stereocenters. The van der Waals surface area contributed by atoms with E-state index in [0.29, 0.717) is 11.3 Å². The van der Waals surface area contributed by atoms with Gasteiger partial charge in [0.1, 0.15) is 0 Å². The highest BCUT2D eigenvalue weighted by atomic mass is 32.2. The molecule has 10 heteroatoms. The fourth-order valence-electron chi connectivity index (χ4n) is 2.08. The summed E-state index contributed by atoms with van der Waals surface area (Å²) < 4.78 is 52.4. The lowest BCUT2D eigenvalue weighted by Gasteiger charge is -2.08. The highest BCUT2D eigenvalue weighted by Crippen LogP contribution is 2.19. The van der Waals surface area contributed by atoms with E-state index in [9.17, 15) is 31.6 Å². The Balaban J connectivity index is 1.92. The number of benzene rings is 2. The maximum atomic E-state index is 12.5. The molecule has 0 fully saturated rings. The fraction of sp³-hybridized carbons (Fsp3) is 0.167. The number of esters is 1. The Morgan fingerprint density at radius 2 is 1.50 bits per heavy atom. The van der Waals surface area contributed by atoms with Gasteiger partial charge in [-0.2, -0.15) is 8.78 Å². The molecule has 28 heavy (non-hydrogen) atoms. The highest BCUT2D eigenvalue weighted by Gasteiger charge is 2.26. The van der Waals surface area contributed by atoms with Crippen LogP contribution in [-0.2, 0) is 19.4 Å². The molecule has 0 spiro atoms. The van der Waals surface area contributed by atoms with Crippen LogP contribution in [0.1, 0.15) is 27.6 Å². The molecular formula is C18H15F2NO6S. The summed E-state index contributed by atoms with van der Waals surface area (Å²) in [6.07, 6.45) is 0. The summed E-state index contributed by atoms with van der Waals surface area (Å²) in [5, 5.41) is 2.47. The molecule has 0 saturated heterocycles. The molecule has 0 aliphatic carbocycles. The van der Waals surface area contributed by atoms with Gasteiger partial charge in [-0.1, -0.05) is 0 Å². The van der Waals surface area contributed by atoms with Gasteiger partial charge in [0.2, 0.25) is 9.84 Å². The highest BCUT2D eigenvalue weighted by molar-refractivity contribution is 7.91.